The zero-order valence-electron chi connectivity index (χ0n) is 9.85. The molecule has 4 atom stereocenters. The Bertz CT molecular complexity index is 493. The summed E-state index contributed by atoms with van der Waals surface area (Å²) in [7, 11) is 0. The Morgan fingerprint density at radius 1 is 1.06 bits per heavy atom. The summed E-state index contributed by atoms with van der Waals surface area (Å²) in [5, 5.41) is 38.3. The number of aromatic amines is 1. The number of nitrogens with one attached hydrogen (secondary N) is 1. The Morgan fingerprint density at radius 2 is 1.72 bits per heavy atom. The van der Waals surface area contributed by atoms with Crippen molar-refractivity contribution in [1.29, 1.82) is 0 Å². The van der Waals surface area contributed by atoms with E-state index in [0.29, 0.717) is 5.52 Å². The lowest BCUT2D eigenvalue weighted by Crippen LogP contribution is -2.39. The molecule has 0 bridgehead atoms. The highest BCUT2D eigenvalue weighted by atomic mass is 16.4. The van der Waals surface area contributed by atoms with Crippen LogP contribution in [0.15, 0.2) is 24.3 Å². The Kier molecular flexibility index (Phi) is 3.63. The van der Waals surface area contributed by atoms with Gasteiger partial charge >= 0.3 is 0 Å². The van der Waals surface area contributed by atoms with Crippen molar-refractivity contribution in [3.63, 3.8) is 0 Å². The van der Waals surface area contributed by atoms with Crippen LogP contribution in [0.5, 0.6) is 0 Å². The first-order valence-electron chi connectivity index (χ1n) is 5.67. The molecule has 1 aromatic carbocycles. The molecule has 0 aliphatic carbocycles. The van der Waals surface area contributed by atoms with Crippen LogP contribution in [0.1, 0.15) is 18.9 Å². The lowest BCUT2D eigenvalue weighted by Gasteiger charge is -2.23. The monoisotopic (exact) mass is 252 g/mol. The molecule has 6 heteroatoms. The highest BCUT2D eigenvalue weighted by Crippen LogP contribution is 2.21. The van der Waals surface area contributed by atoms with E-state index in [1.807, 2.05) is 6.07 Å². The SMILES string of the molecule is CC(O)C(O)C(O)C(O)c1nc2ccccc2[nH]1. The zero-order valence-corrected chi connectivity index (χ0v) is 9.85. The minimum absolute atomic E-state index is 0.156. The van der Waals surface area contributed by atoms with Gasteiger partial charge in [-0.25, -0.2) is 4.98 Å². The van der Waals surface area contributed by atoms with Crippen LogP contribution < -0.4 is 0 Å². The molecule has 0 saturated carbocycles. The molecule has 5 N–H and O–H groups in total. The Hall–Kier alpha value is -1.47. The second kappa shape index (κ2) is 5.03. The van der Waals surface area contributed by atoms with Crippen molar-refractivity contribution in [3.8, 4) is 0 Å². The van der Waals surface area contributed by atoms with Gasteiger partial charge in [-0.05, 0) is 19.1 Å². The third-order valence-corrected chi connectivity index (χ3v) is 2.86. The van der Waals surface area contributed by atoms with Crippen LogP contribution in [0, 0.1) is 0 Å². The zero-order chi connectivity index (χ0) is 13.3. The van der Waals surface area contributed by atoms with Crippen LogP contribution in [0.3, 0.4) is 0 Å². The van der Waals surface area contributed by atoms with Crippen molar-refractivity contribution in [2.75, 3.05) is 0 Å². The maximum Gasteiger partial charge on any atom is 0.140 e. The van der Waals surface area contributed by atoms with Crippen molar-refractivity contribution < 1.29 is 20.4 Å². The highest BCUT2D eigenvalue weighted by Gasteiger charge is 2.30. The van der Waals surface area contributed by atoms with Crippen molar-refractivity contribution in [3.05, 3.63) is 30.1 Å². The molecule has 6 nitrogen and oxygen atoms in total. The Labute approximate surface area is 104 Å². The second-order valence-electron chi connectivity index (χ2n) is 4.31. The normalized spacial score (nSPS) is 18.5. The first kappa shape index (κ1) is 13.0. The summed E-state index contributed by atoms with van der Waals surface area (Å²) in [6.07, 6.45) is -5.47. The van der Waals surface area contributed by atoms with Gasteiger partial charge in [0, 0.05) is 0 Å². The molecule has 1 aromatic heterocycles. The smallest absolute Gasteiger partial charge is 0.140 e. The molecule has 0 aliphatic rings. The molecule has 18 heavy (non-hydrogen) atoms. The van der Waals surface area contributed by atoms with Crippen molar-refractivity contribution in [1.82, 2.24) is 9.97 Å². The van der Waals surface area contributed by atoms with E-state index in [-0.39, 0.29) is 5.82 Å². The predicted molar refractivity (Wildman–Crippen MR) is 64.7 cm³/mol. The van der Waals surface area contributed by atoms with Crippen LogP contribution >= 0.6 is 0 Å². The fourth-order valence-corrected chi connectivity index (χ4v) is 1.75. The van der Waals surface area contributed by atoms with Crippen molar-refractivity contribution >= 4 is 11.0 Å². The average Bonchev–Trinajstić information content (AvgIpc) is 2.79. The van der Waals surface area contributed by atoms with Gasteiger partial charge in [-0.15, -0.1) is 0 Å². The molecule has 0 aliphatic heterocycles. The molecular formula is C12H16N2O4. The third-order valence-electron chi connectivity index (χ3n) is 2.86. The van der Waals surface area contributed by atoms with Crippen LogP contribution in [-0.4, -0.2) is 48.7 Å². The quantitative estimate of drug-likeness (QED) is 0.513. The van der Waals surface area contributed by atoms with Gasteiger partial charge in [0.15, 0.2) is 0 Å². The Balaban J connectivity index is 2.25. The fourth-order valence-electron chi connectivity index (χ4n) is 1.75. The third kappa shape index (κ3) is 2.37. The van der Waals surface area contributed by atoms with Crippen molar-refractivity contribution in [2.24, 2.45) is 0 Å². The van der Waals surface area contributed by atoms with Crippen LogP contribution in [0.4, 0.5) is 0 Å². The molecule has 2 aromatic rings. The number of imidazole rings is 1. The fraction of sp³-hybridized carbons (Fsp3) is 0.417. The number of aliphatic hydroxyl groups excluding tert-OH is 4. The lowest BCUT2D eigenvalue weighted by atomic mass is 10.0. The molecule has 4 unspecified atom stereocenters. The summed E-state index contributed by atoms with van der Waals surface area (Å²) < 4.78 is 0. The van der Waals surface area contributed by atoms with Crippen LogP contribution in [0.25, 0.3) is 11.0 Å². The Morgan fingerprint density at radius 3 is 2.33 bits per heavy atom. The van der Waals surface area contributed by atoms with Gasteiger partial charge in [-0.1, -0.05) is 12.1 Å². The molecule has 98 valence electrons. The van der Waals surface area contributed by atoms with Gasteiger partial charge in [0.1, 0.15) is 24.1 Å². The number of hydrogen-bond donors (Lipinski definition) is 5. The number of benzene rings is 1. The van der Waals surface area contributed by atoms with E-state index in [1.54, 1.807) is 18.2 Å². The average molecular weight is 252 g/mol. The van der Waals surface area contributed by atoms with E-state index < -0.39 is 24.4 Å². The highest BCUT2D eigenvalue weighted by molar-refractivity contribution is 5.74. The standard InChI is InChI=1S/C12H16N2O4/c1-6(15)9(16)10(17)11(18)12-13-7-4-2-3-5-8(7)14-12/h2-6,9-11,15-18H,1H3,(H,13,14). The molecule has 0 saturated heterocycles. The minimum Gasteiger partial charge on any atom is -0.391 e. The second-order valence-corrected chi connectivity index (χ2v) is 4.31. The molecule has 2 rings (SSSR count). The number of fused-ring (bicyclic) bond motifs is 1. The summed E-state index contributed by atoms with van der Waals surface area (Å²) in [5.74, 6) is 0.156. The number of para-hydroxylation sites is 2. The number of nitrogens with zero attached hydrogens (tertiary/aromatic N) is 1. The summed E-state index contributed by atoms with van der Waals surface area (Å²) in [6, 6.07) is 7.17. The maximum atomic E-state index is 9.89. The van der Waals surface area contributed by atoms with Gasteiger partial charge in [0.05, 0.1) is 17.1 Å². The van der Waals surface area contributed by atoms with Crippen LogP contribution in [-0.2, 0) is 0 Å². The van der Waals surface area contributed by atoms with E-state index >= 15 is 0 Å². The summed E-state index contributed by atoms with van der Waals surface area (Å²) in [6.45, 7) is 1.33. The number of aromatic nitrogens is 2. The molecular weight excluding hydrogens is 236 g/mol. The summed E-state index contributed by atoms with van der Waals surface area (Å²) in [5.41, 5.74) is 1.38. The van der Waals surface area contributed by atoms with Crippen molar-refractivity contribution in [2.45, 2.75) is 31.3 Å². The van der Waals surface area contributed by atoms with Gasteiger partial charge in [0.2, 0.25) is 0 Å². The number of aliphatic hydroxyl groups is 4. The molecule has 0 spiro atoms. The molecule has 0 radical (unpaired) electrons. The van der Waals surface area contributed by atoms with E-state index in [4.69, 9.17) is 0 Å². The maximum absolute atomic E-state index is 9.89. The largest absolute Gasteiger partial charge is 0.391 e. The van der Waals surface area contributed by atoms with E-state index in [9.17, 15) is 20.4 Å². The molecule has 0 fully saturated rings. The summed E-state index contributed by atoms with van der Waals surface area (Å²) >= 11 is 0. The lowest BCUT2D eigenvalue weighted by molar-refractivity contribution is -0.103. The number of H-pyrrole nitrogens is 1. The van der Waals surface area contributed by atoms with Gasteiger partial charge in [-0.2, -0.15) is 0 Å². The molecule has 1 heterocycles. The van der Waals surface area contributed by atoms with E-state index in [1.165, 1.54) is 6.92 Å². The minimum atomic E-state index is -1.51. The van der Waals surface area contributed by atoms with Gasteiger partial charge in [-0.3, -0.25) is 0 Å². The topological polar surface area (TPSA) is 110 Å². The number of hydrogen-bond acceptors (Lipinski definition) is 5. The van der Waals surface area contributed by atoms with Crippen LogP contribution in [0.2, 0.25) is 0 Å². The van der Waals surface area contributed by atoms with Gasteiger partial charge in [0.25, 0.3) is 0 Å². The van der Waals surface area contributed by atoms with Gasteiger partial charge < -0.3 is 25.4 Å². The molecule has 0 amide bonds. The first-order chi connectivity index (χ1) is 8.50. The summed E-state index contributed by atoms with van der Waals surface area (Å²) in [4.78, 5) is 6.97. The predicted octanol–water partition coefficient (Wildman–Crippen LogP) is -0.301. The van der Waals surface area contributed by atoms with E-state index in [2.05, 4.69) is 9.97 Å². The number of rotatable bonds is 4. The van der Waals surface area contributed by atoms with E-state index in [0.717, 1.165) is 5.52 Å². The first-order valence-corrected chi connectivity index (χ1v) is 5.67.